The van der Waals surface area contributed by atoms with E-state index in [1.54, 1.807) is 0 Å². The summed E-state index contributed by atoms with van der Waals surface area (Å²) in [7, 11) is 0. The Morgan fingerprint density at radius 2 is 2.00 bits per heavy atom. The standard InChI is InChI=1S/C13H21N3S/c17-13(16-15-11-3-1-2-4-11)14-12-8-9-5-6-10(12)7-9/h9-10,12H,1-8H2,(H2,14,16,17)/t9-,10-,12+/m1/s1. The second kappa shape index (κ2) is 4.92. The first-order valence-corrected chi connectivity index (χ1v) is 7.34. The molecule has 0 heterocycles. The van der Waals surface area contributed by atoms with Crippen molar-refractivity contribution in [3.8, 4) is 0 Å². The number of nitrogens with zero attached hydrogens (tertiary/aromatic N) is 1. The molecule has 2 bridgehead atoms. The molecule has 3 saturated carbocycles. The Kier molecular flexibility index (Phi) is 3.32. The third-order valence-corrected chi connectivity index (χ3v) is 4.76. The van der Waals surface area contributed by atoms with Crippen molar-refractivity contribution in [3.63, 3.8) is 0 Å². The largest absolute Gasteiger partial charge is 0.358 e. The molecule has 3 atom stereocenters. The molecule has 0 saturated heterocycles. The summed E-state index contributed by atoms with van der Waals surface area (Å²) in [5.74, 6) is 1.82. The third-order valence-electron chi connectivity index (χ3n) is 4.55. The lowest BCUT2D eigenvalue weighted by atomic mass is 9.96. The van der Waals surface area contributed by atoms with E-state index in [9.17, 15) is 0 Å². The van der Waals surface area contributed by atoms with Crippen molar-refractivity contribution >= 4 is 23.0 Å². The summed E-state index contributed by atoms with van der Waals surface area (Å²) in [6.45, 7) is 0. The molecule has 3 rings (SSSR count). The molecule has 3 nitrogen and oxygen atoms in total. The summed E-state index contributed by atoms with van der Waals surface area (Å²) in [6, 6.07) is 0.609. The van der Waals surface area contributed by atoms with Gasteiger partial charge in [0.1, 0.15) is 0 Å². The number of hydrazone groups is 1. The van der Waals surface area contributed by atoms with E-state index < -0.39 is 0 Å². The number of fused-ring (bicyclic) bond motifs is 2. The minimum Gasteiger partial charge on any atom is -0.358 e. The van der Waals surface area contributed by atoms with Crippen LogP contribution in [0.3, 0.4) is 0 Å². The SMILES string of the molecule is S=C(NN=C1CCCC1)N[C@H]1C[C@@H]2CC[C@@H]1C2. The Balaban J connectivity index is 1.45. The molecule has 4 heteroatoms. The van der Waals surface area contributed by atoms with E-state index >= 15 is 0 Å². The maximum atomic E-state index is 5.31. The smallest absolute Gasteiger partial charge is 0.187 e. The Morgan fingerprint density at radius 1 is 1.18 bits per heavy atom. The van der Waals surface area contributed by atoms with Crippen molar-refractivity contribution in [1.82, 2.24) is 10.7 Å². The number of nitrogens with one attached hydrogen (secondary N) is 2. The zero-order chi connectivity index (χ0) is 11.7. The molecule has 3 aliphatic rings. The highest BCUT2D eigenvalue weighted by atomic mass is 32.1. The molecule has 17 heavy (non-hydrogen) atoms. The van der Waals surface area contributed by atoms with Crippen LogP contribution in [0, 0.1) is 11.8 Å². The fourth-order valence-corrected chi connectivity index (χ4v) is 3.84. The van der Waals surface area contributed by atoms with Gasteiger partial charge in [-0.15, -0.1) is 0 Å². The van der Waals surface area contributed by atoms with Gasteiger partial charge in [0.15, 0.2) is 5.11 Å². The average molecular weight is 251 g/mol. The topological polar surface area (TPSA) is 36.4 Å². The molecule has 0 aromatic carbocycles. The van der Waals surface area contributed by atoms with Crippen LogP contribution < -0.4 is 10.7 Å². The van der Waals surface area contributed by atoms with E-state index in [4.69, 9.17) is 12.2 Å². The molecular weight excluding hydrogens is 230 g/mol. The van der Waals surface area contributed by atoms with Gasteiger partial charge in [0.2, 0.25) is 0 Å². The quantitative estimate of drug-likeness (QED) is 0.585. The van der Waals surface area contributed by atoms with Crippen molar-refractivity contribution < 1.29 is 0 Å². The number of thiocarbonyl (C=S) groups is 1. The summed E-state index contributed by atoms with van der Waals surface area (Å²) in [4.78, 5) is 0. The lowest BCUT2D eigenvalue weighted by Crippen LogP contribution is -2.42. The lowest BCUT2D eigenvalue weighted by molar-refractivity contribution is 0.389. The van der Waals surface area contributed by atoms with Crippen molar-refractivity contribution in [2.24, 2.45) is 16.9 Å². The fourth-order valence-electron chi connectivity index (χ4n) is 3.65. The van der Waals surface area contributed by atoms with Crippen LogP contribution in [0.15, 0.2) is 5.10 Å². The molecule has 3 aliphatic carbocycles. The van der Waals surface area contributed by atoms with E-state index in [0.29, 0.717) is 6.04 Å². The highest BCUT2D eigenvalue weighted by molar-refractivity contribution is 7.80. The Labute approximate surface area is 108 Å². The van der Waals surface area contributed by atoms with Crippen LogP contribution in [0.5, 0.6) is 0 Å². The van der Waals surface area contributed by atoms with Crippen molar-refractivity contribution in [1.29, 1.82) is 0 Å². The maximum absolute atomic E-state index is 5.31. The Morgan fingerprint density at radius 3 is 2.65 bits per heavy atom. The van der Waals surface area contributed by atoms with Crippen LogP contribution in [0.25, 0.3) is 0 Å². The van der Waals surface area contributed by atoms with Crippen LogP contribution in [-0.2, 0) is 0 Å². The predicted octanol–water partition coefficient (Wildman–Crippen LogP) is 2.57. The molecule has 0 aliphatic heterocycles. The van der Waals surface area contributed by atoms with E-state index in [0.717, 1.165) is 29.8 Å². The second-order valence-electron chi connectivity index (χ2n) is 5.75. The predicted molar refractivity (Wildman–Crippen MR) is 74.0 cm³/mol. The molecule has 0 unspecified atom stereocenters. The van der Waals surface area contributed by atoms with Crippen LogP contribution >= 0.6 is 12.2 Å². The summed E-state index contributed by atoms with van der Waals surface area (Å²) < 4.78 is 0. The molecular formula is C13H21N3S. The van der Waals surface area contributed by atoms with E-state index in [1.165, 1.54) is 44.2 Å². The van der Waals surface area contributed by atoms with Crippen molar-refractivity contribution in [2.45, 2.75) is 57.4 Å². The Hall–Kier alpha value is -0.640. The lowest BCUT2D eigenvalue weighted by Gasteiger charge is -2.23. The van der Waals surface area contributed by atoms with Gasteiger partial charge in [0, 0.05) is 11.8 Å². The number of hydrogen-bond donors (Lipinski definition) is 2. The van der Waals surface area contributed by atoms with Gasteiger partial charge in [-0.3, -0.25) is 5.43 Å². The van der Waals surface area contributed by atoms with Gasteiger partial charge < -0.3 is 5.32 Å². The van der Waals surface area contributed by atoms with Crippen LogP contribution in [0.1, 0.15) is 51.4 Å². The first-order chi connectivity index (χ1) is 8.31. The molecule has 2 N–H and O–H groups in total. The molecule has 0 aromatic heterocycles. The van der Waals surface area contributed by atoms with E-state index in [-0.39, 0.29) is 0 Å². The molecule has 0 radical (unpaired) electrons. The minimum atomic E-state index is 0.609. The monoisotopic (exact) mass is 251 g/mol. The van der Waals surface area contributed by atoms with Gasteiger partial charge in [-0.1, -0.05) is 6.42 Å². The minimum absolute atomic E-state index is 0.609. The highest BCUT2D eigenvalue weighted by Gasteiger charge is 2.39. The van der Waals surface area contributed by atoms with Gasteiger partial charge in [-0.05, 0) is 69.0 Å². The van der Waals surface area contributed by atoms with Gasteiger partial charge in [-0.2, -0.15) is 5.10 Å². The van der Waals surface area contributed by atoms with Crippen LogP contribution in [0.2, 0.25) is 0 Å². The van der Waals surface area contributed by atoms with Crippen molar-refractivity contribution in [3.05, 3.63) is 0 Å². The summed E-state index contributed by atoms with van der Waals surface area (Å²) in [5.41, 5.74) is 4.30. The van der Waals surface area contributed by atoms with Crippen LogP contribution in [-0.4, -0.2) is 16.9 Å². The maximum Gasteiger partial charge on any atom is 0.187 e. The van der Waals surface area contributed by atoms with E-state index in [1.807, 2.05) is 0 Å². The summed E-state index contributed by atoms with van der Waals surface area (Å²) >= 11 is 5.31. The van der Waals surface area contributed by atoms with Gasteiger partial charge >= 0.3 is 0 Å². The Bertz CT molecular complexity index is 332. The molecule has 3 fully saturated rings. The number of hydrogen-bond acceptors (Lipinski definition) is 2. The molecule has 0 spiro atoms. The van der Waals surface area contributed by atoms with Gasteiger partial charge in [0.05, 0.1) is 0 Å². The summed E-state index contributed by atoms with van der Waals surface area (Å²) in [5, 5.41) is 8.56. The second-order valence-corrected chi connectivity index (χ2v) is 6.16. The first-order valence-electron chi connectivity index (χ1n) is 6.93. The highest BCUT2D eigenvalue weighted by Crippen LogP contribution is 2.44. The first kappa shape index (κ1) is 11.5. The average Bonchev–Trinajstić information content (AvgIpc) is 3.03. The normalized spacial score (nSPS) is 35.1. The molecule has 0 amide bonds. The van der Waals surface area contributed by atoms with Crippen molar-refractivity contribution in [2.75, 3.05) is 0 Å². The van der Waals surface area contributed by atoms with Gasteiger partial charge in [0.25, 0.3) is 0 Å². The van der Waals surface area contributed by atoms with Crippen LogP contribution in [0.4, 0.5) is 0 Å². The fraction of sp³-hybridized carbons (Fsp3) is 0.846. The van der Waals surface area contributed by atoms with Gasteiger partial charge in [-0.25, -0.2) is 0 Å². The third kappa shape index (κ3) is 2.62. The molecule has 94 valence electrons. The summed E-state index contributed by atoms with van der Waals surface area (Å²) in [6.07, 6.45) is 10.4. The zero-order valence-electron chi connectivity index (χ0n) is 10.2. The number of rotatable bonds is 2. The zero-order valence-corrected chi connectivity index (χ0v) is 11.1. The van der Waals surface area contributed by atoms with E-state index in [2.05, 4.69) is 15.8 Å². The molecule has 0 aromatic rings.